The number of thioether (sulfide) groups is 1. The summed E-state index contributed by atoms with van der Waals surface area (Å²) < 4.78 is 11.1. The second kappa shape index (κ2) is 5.97. The molecule has 0 spiro atoms. The van der Waals surface area contributed by atoms with Crippen LogP contribution in [0.2, 0.25) is 0 Å². The van der Waals surface area contributed by atoms with Gasteiger partial charge in [0.05, 0.1) is 12.2 Å². The molecule has 1 aliphatic heterocycles. The Morgan fingerprint density at radius 1 is 1.37 bits per heavy atom. The molecule has 1 aliphatic rings. The quantitative estimate of drug-likeness (QED) is 0.796. The zero-order valence-corrected chi connectivity index (χ0v) is 12.4. The molecular formula is C15H20O3S. The van der Waals surface area contributed by atoms with E-state index >= 15 is 0 Å². The molecule has 1 saturated heterocycles. The minimum atomic E-state index is -0.239. The van der Waals surface area contributed by atoms with Crippen molar-refractivity contribution in [1.29, 1.82) is 0 Å². The number of rotatable bonds is 3. The van der Waals surface area contributed by atoms with Crippen LogP contribution in [-0.4, -0.2) is 29.5 Å². The van der Waals surface area contributed by atoms with E-state index in [2.05, 4.69) is 26.0 Å². The van der Waals surface area contributed by atoms with Crippen molar-refractivity contribution in [2.75, 3.05) is 6.61 Å². The maximum absolute atomic E-state index is 11.1. The van der Waals surface area contributed by atoms with Crippen molar-refractivity contribution in [2.24, 2.45) is 0 Å². The Labute approximate surface area is 118 Å². The van der Waals surface area contributed by atoms with E-state index in [0.29, 0.717) is 6.61 Å². The normalized spacial score (nSPS) is 25.8. The predicted octanol–water partition coefficient (Wildman–Crippen LogP) is 3.28. The van der Waals surface area contributed by atoms with E-state index in [1.165, 1.54) is 11.8 Å². The van der Waals surface area contributed by atoms with Crippen molar-refractivity contribution in [1.82, 2.24) is 0 Å². The van der Waals surface area contributed by atoms with Crippen LogP contribution in [0.3, 0.4) is 0 Å². The molecule has 2 rings (SSSR count). The van der Waals surface area contributed by atoms with Gasteiger partial charge in [-0.1, -0.05) is 18.2 Å². The van der Waals surface area contributed by atoms with Crippen molar-refractivity contribution in [3.05, 3.63) is 30.3 Å². The first-order chi connectivity index (χ1) is 8.97. The van der Waals surface area contributed by atoms with Gasteiger partial charge in [-0.05, 0) is 26.0 Å². The maximum Gasteiger partial charge on any atom is 0.302 e. The summed E-state index contributed by atoms with van der Waals surface area (Å²) in [6.07, 6.45) is 0.693. The highest BCUT2D eigenvalue weighted by atomic mass is 32.2. The molecule has 104 valence electrons. The average molecular weight is 280 g/mol. The number of hydrogen-bond donors (Lipinski definition) is 0. The van der Waals surface area contributed by atoms with E-state index in [4.69, 9.17) is 9.47 Å². The molecule has 0 aromatic heterocycles. The lowest BCUT2D eigenvalue weighted by atomic mass is 9.96. The SMILES string of the molecule is CC(=O)O[C@@H]1COC(C)(C)[C@H](Sc2ccccc2)C1. The summed E-state index contributed by atoms with van der Waals surface area (Å²) in [7, 11) is 0. The third-order valence-corrected chi connectivity index (χ3v) is 4.84. The molecule has 1 aromatic rings. The monoisotopic (exact) mass is 280 g/mol. The highest BCUT2D eigenvalue weighted by molar-refractivity contribution is 8.00. The molecule has 2 atom stereocenters. The van der Waals surface area contributed by atoms with Gasteiger partial charge in [0, 0.05) is 23.5 Å². The fraction of sp³-hybridized carbons (Fsp3) is 0.533. The fourth-order valence-corrected chi connectivity index (χ4v) is 3.47. The molecular weight excluding hydrogens is 260 g/mol. The minimum Gasteiger partial charge on any atom is -0.460 e. The van der Waals surface area contributed by atoms with Crippen molar-refractivity contribution in [3.63, 3.8) is 0 Å². The molecule has 0 saturated carbocycles. The standard InChI is InChI=1S/C15H20O3S/c1-11(16)18-12-9-14(15(2,3)17-10-12)19-13-7-5-4-6-8-13/h4-8,12,14H,9-10H2,1-3H3/t12-,14+/m0/s1. The molecule has 1 fully saturated rings. The van der Waals surface area contributed by atoms with E-state index in [-0.39, 0.29) is 22.9 Å². The molecule has 0 bridgehead atoms. The first kappa shape index (κ1) is 14.4. The summed E-state index contributed by atoms with van der Waals surface area (Å²) in [5.41, 5.74) is -0.211. The average Bonchev–Trinajstić information content (AvgIpc) is 2.34. The second-order valence-electron chi connectivity index (χ2n) is 5.30. The molecule has 0 radical (unpaired) electrons. The van der Waals surface area contributed by atoms with Gasteiger partial charge < -0.3 is 9.47 Å². The number of carbonyl (C=O) groups is 1. The van der Waals surface area contributed by atoms with Crippen LogP contribution >= 0.6 is 11.8 Å². The van der Waals surface area contributed by atoms with Crippen molar-refractivity contribution in [2.45, 2.75) is 49.0 Å². The van der Waals surface area contributed by atoms with Crippen LogP contribution in [0.25, 0.3) is 0 Å². The van der Waals surface area contributed by atoms with Gasteiger partial charge in [-0.15, -0.1) is 11.8 Å². The van der Waals surface area contributed by atoms with Crippen LogP contribution in [0.4, 0.5) is 0 Å². The van der Waals surface area contributed by atoms with Gasteiger partial charge in [-0.2, -0.15) is 0 Å². The molecule has 4 heteroatoms. The molecule has 0 aliphatic carbocycles. The van der Waals surface area contributed by atoms with Crippen LogP contribution in [0.5, 0.6) is 0 Å². The molecule has 19 heavy (non-hydrogen) atoms. The Bertz CT molecular complexity index is 430. The Balaban J connectivity index is 2.04. The first-order valence-electron chi connectivity index (χ1n) is 6.50. The highest BCUT2D eigenvalue weighted by Crippen LogP contribution is 2.38. The third kappa shape index (κ3) is 3.98. The van der Waals surface area contributed by atoms with E-state index in [1.807, 2.05) is 18.2 Å². The summed E-state index contributed by atoms with van der Waals surface area (Å²) in [5, 5.41) is 0.271. The van der Waals surface area contributed by atoms with Crippen molar-refractivity contribution >= 4 is 17.7 Å². The Morgan fingerprint density at radius 2 is 2.05 bits per heavy atom. The van der Waals surface area contributed by atoms with E-state index < -0.39 is 0 Å². The maximum atomic E-state index is 11.1. The lowest BCUT2D eigenvalue weighted by molar-refractivity contribution is -0.161. The summed E-state index contributed by atoms with van der Waals surface area (Å²) in [5.74, 6) is -0.239. The number of ether oxygens (including phenoxy) is 2. The van der Waals surface area contributed by atoms with Crippen molar-refractivity contribution < 1.29 is 14.3 Å². The minimum absolute atomic E-state index is 0.133. The van der Waals surface area contributed by atoms with Gasteiger partial charge in [-0.3, -0.25) is 4.79 Å². The number of esters is 1. The first-order valence-corrected chi connectivity index (χ1v) is 7.38. The van der Waals surface area contributed by atoms with Gasteiger partial charge in [0.1, 0.15) is 6.10 Å². The smallest absolute Gasteiger partial charge is 0.302 e. The summed E-state index contributed by atoms with van der Waals surface area (Å²) >= 11 is 1.79. The van der Waals surface area contributed by atoms with Gasteiger partial charge in [0.25, 0.3) is 0 Å². The molecule has 0 amide bonds. The molecule has 0 unspecified atom stereocenters. The number of benzene rings is 1. The van der Waals surface area contributed by atoms with Crippen LogP contribution in [0.15, 0.2) is 35.2 Å². The second-order valence-corrected chi connectivity index (χ2v) is 6.58. The summed E-state index contributed by atoms with van der Waals surface area (Å²) in [6.45, 7) is 6.12. The fourth-order valence-electron chi connectivity index (χ4n) is 2.16. The van der Waals surface area contributed by atoms with E-state index in [1.54, 1.807) is 11.8 Å². The number of carbonyl (C=O) groups excluding carboxylic acids is 1. The summed E-state index contributed by atoms with van der Waals surface area (Å²) in [6, 6.07) is 10.3. The largest absolute Gasteiger partial charge is 0.460 e. The molecule has 1 aromatic carbocycles. The molecule has 1 heterocycles. The highest BCUT2D eigenvalue weighted by Gasteiger charge is 2.39. The van der Waals surface area contributed by atoms with Gasteiger partial charge in [0.2, 0.25) is 0 Å². The Hall–Kier alpha value is -1.00. The Morgan fingerprint density at radius 3 is 2.68 bits per heavy atom. The molecule has 3 nitrogen and oxygen atoms in total. The molecule has 0 N–H and O–H groups in total. The number of hydrogen-bond acceptors (Lipinski definition) is 4. The summed E-state index contributed by atoms with van der Waals surface area (Å²) in [4.78, 5) is 12.3. The zero-order valence-electron chi connectivity index (χ0n) is 11.6. The Kier molecular flexibility index (Phi) is 4.53. The van der Waals surface area contributed by atoms with Gasteiger partial charge in [-0.25, -0.2) is 0 Å². The lowest BCUT2D eigenvalue weighted by Gasteiger charge is -2.41. The predicted molar refractivity (Wildman–Crippen MR) is 76.3 cm³/mol. The van der Waals surface area contributed by atoms with Crippen LogP contribution in [-0.2, 0) is 14.3 Å². The van der Waals surface area contributed by atoms with Crippen LogP contribution in [0, 0.1) is 0 Å². The van der Waals surface area contributed by atoms with Gasteiger partial charge in [0.15, 0.2) is 0 Å². The lowest BCUT2D eigenvalue weighted by Crippen LogP contribution is -2.47. The zero-order chi connectivity index (χ0) is 13.9. The topological polar surface area (TPSA) is 35.5 Å². The van der Waals surface area contributed by atoms with Gasteiger partial charge >= 0.3 is 5.97 Å². The van der Waals surface area contributed by atoms with E-state index in [0.717, 1.165) is 6.42 Å². The van der Waals surface area contributed by atoms with E-state index in [9.17, 15) is 4.79 Å². The van der Waals surface area contributed by atoms with Crippen LogP contribution < -0.4 is 0 Å². The van der Waals surface area contributed by atoms with Crippen LogP contribution in [0.1, 0.15) is 27.2 Å². The third-order valence-electron chi connectivity index (χ3n) is 3.25. The van der Waals surface area contributed by atoms with Crippen molar-refractivity contribution in [3.8, 4) is 0 Å².